The van der Waals surface area contributed by atoms with Gasteiger partial charge in [-0.25, -0.2) is 8.42 Å². The van der Waals surface area contributed by atoms with E-state index in [1.165, 1.54) is 21.3 Å². The maximum absolute atomic E-state index is 11.1. The van der Waals surface area contributed by atoms with E-state index in [2.05, 4.69) is 9.43 Å². The fourth-order valence-electron chi connectivity index (χ4n) is 1.12. The minimum Gasteiger partial charge on any atom is -0.377 e. The zero-order chi connectivity index (χ0) is 12.7. The Kier molecular flexibility index (Phi) is 6.56. The molecule has 10 heteroatoms. The van der Waals surface area contributed by atoms with Crippen molar-refractivity contribution in [3.05, 3.63) is 10.4 Å². The molecule has 0 unspecified atom stereocenters. The lowest BCUT2D eigenvalue weighted by atomic mass is 10.6. The highest BCUT2D eigenvalue weighted by molar-refractivity contribution is 7.89. The molecule has 0 bridgehead atoms. The van der Waals surface area contributed by atoms with Crippen molar-refractivity contribution < 1.29 is 21.7 Å². The number of hydrogen-bond acceptors (Lipinski definition) is 5. The Morgan fingerprint density at radius 1 is 1.25 bits per heavy atom. The number of nitrogens with zero attached hydrogens (tertiary/aromatic N) is 3. The molecular formula is C6H15N3O5SSi. The van der Waals surface area contributed by atoms with Crippen molar-refractivity contribution >= 4 is 18.8 Å². The second-order valence-corrected chi connectivity index (χ2v) is 7.68. The smallest absolute Gasteiger partial charge is 0.377 e. The van der Waals surface area contributed by atoms with Crippen molar-refractivity contribution in [3.8, 4) is 0 Å². The molecule has 0 radical (unpaired) electrons. The molecule has 0 aromatic heterocycles. The van der Waals surface area contributed by atoms with Crippen molar-refractivity contribution in [2.24, 2.45) is 4.52 Å². The van der Waals surface area contributed by atoms with Crippen LogP contribution in [0.1, 0.15) is 6.42 Å². The summed E-state index contributed by atoms with van der Waals surface area (Å²) in [6, 6.07) is 0.344. The van der Waals surface area contributed by atoms with Gasteiger partial charge in [0.05, 0.1) is 5.75 Å². The Bertz CT molecular complexity index is 341. The summed E-state index contributed by atoms with van der Waals surface area (Å²) in [4.78, 5) is 2.24. The number of hydrogen-bond donors (Lipinski definition) is 0. The van der Waals surface area contributed by atoms with Crippen LogP contribution in [-0.4, -0.2) is 44.3 Å². The van der Waals surface area contributed by atoms with Crippen LogP contribution in [0.5, 0.6) is 0 Å². The van der Waals surface area contributed by atoms with Crippen LogP contribution < -0.4 is 0 Å². The Balaban J connectivity index is 4.30. The van der Waals surface area contributed by atoms with E-state index in [0.717, 1.165) is 0 Å². The summed E-state index contributed by atoms with van der Waals surface area (Å²) in [5.41, 5.74) is 8.01. The van der Waals surface area contributed by atoms with Gasteiger partial charge in [0.25, 0.3) is 0 Å². The van der Waals surface area contributed by atoms with Crippen LogP contribution in [0.25, 0.3) is 10.4 Å². The molecule has 0 heterocycles. The van der Waals surface area contributed by atoms with E-state index >= 15 is 0 Å². The van der Waals surface area contributed by atoms with Crippen molar-refractivity contribution in [3.63, 3.8) is 0 Å². The first kappa shape index (κ1) is 15.4. The van der Waals surface area contributed by atoms with E-state index in [-0.39, 0.29) is 12.2 Å². The molecule has 0 aromatic carbocycles. The molecule has 94 valence electrons. The highest BCUT2D eigenvalue weighted by atomic mass is 32.2. The number of azide groups is 1. The predicted molar refractivity (Wildman–Crippen MR) is 59.1 cm³/mol. The van der Waals surface area contributed by atoms with Crippen LogP contribution >= 0.6 is 0 Å². The average Bonchev–Trinajstić information content (AvgIpc) is 2.25. The molecule has 0 spiro atoms. The fourth-order valence-corrected chi connectivity index (χ4v) is 3.80. The maximum Gasteiger partial charge on any atom is 0.500 e. The predicted octanol–water partition coefficient (Wildman–Crippen LogP) is 0.895. The quantitative estimate of drug-likeness (QED) is 0.281. The van der Waals surface area contributed by atoms with Gasteiger partial charge in [-0.2, -0.15) is 0 Å². The minimum atomic E-state index is -3.71. The lowest BCUT2D eigenvalue weighted by molar-refractivity contribution is 0.123. The first-order valence-electron chi connectivity index (χ1n) is 4.40. The molecule has 0 aromatic rings. The Morgan fingerprint density at radius 2 is 1.75 bits per heavy atom. The van der Waals surface area contributed by atoms with Gasteiger partial charge in [0, 0.05) is 36.8 Å². The summed E-state index contributed by atoms with van der Waals surface area (Å²) in [7, 11) is -2.12. The van der Waals surface area contributed by atoms with Crippen LogP contribution in [0, 0.1) is 0 Å². The molecule has 0 fully saturated rings. The molecule has 0 saturated carbocycles. The van der Waals surface area contributed by atoms with Gasteiger partial charge in [-0.15, -0.1) is 0 Å². The zero-order valence-electron chi connectivity index (χ0n) is 9.41. The monoisotopic (exact) mass is 269 g/mol. The van der Waals surface area contributed by atoms with Crippen molar-refractivity contribution in [1.29, 1.82) is 0 Å². The van der Waals surface area contributed by atoms with Crippen LogP contribution in [0.3, 0.4) is 0 Å². The first-order valence-corrected chi connectivity index (χ1v) is 7.94. The summed E-state index contributed by atoms with van der Waals surface area (Å²) < 4.78 is 40.1. The normalized spacial score (nSPS) is 12.2. The molecule has 16 heavy (non-hydrogen) atoms. The molecule has 0 atom stereocenters. The largest absolute Gasteiger partial charge is 0.500 e. The third-order valence-electron chi connectivity index (χ3n) is 1.98. The Labute approximate surface area is 95.6 Å². The minimum absolute atomic E-state index is 0.248. The highest BCUT2D eigenvalue weighted by Crippen LogP contribution is 2.15. The Hall–Kier alpha value is -0.643. The lowest BCUT2D eigenvalue weighted by Crippen LogP contribution is -2.42. The summed E-state index contributed by atoms with van der Waals surface area (Å²) >= 11 is 0. The molecule has 0 aliphatic carbocycles. The van der Waals surface area contributed by atoms with Gasteiger partial charge in [0.15, 0.2) is 0 Å². The van der Waals surface area contributed by atoms with Crippen LogP contribution in [-0.2, 0) is 23.3 Å². The fraction of sp³-hybridized carbons (Fsp3) is 1.00. The van der Waals surface area contributed by atoms with Crippen molar-refractivity contribution in [1.82, 2.24) is 0 Å². The van der Waals surface area contributed by atoms with Gasteiger partial charge < -0.3 is 13.3 Å². The van der Waals surface area contributed by atoms with Crippen LogP contribution in [0.4, 0.5) is 0 Å². The number of rotatable bonds is 8. The SMILES string of the molecule is CO[Si](CCCS(=O)(=O)N=[N+]=[N-])(OC)OC. The van der Waals surface area contributed by atoms with E-state index in [0.29, 0.717) is 6.04 Å². The van der Waals surface area contributed by atoms with Gasteiger partial charge in [-0.3, -0.25) is 0 Å². The lowest BCUT2D eigenvalue weighted by Gasteiger charge is -2.23. The van der Waals surface area contributed by atoms with Gasteiger partial charge in [-0.05, 0) is 12.0 Å². The molecule has 8 nitrogen and oxygen atoms in total. The maximum atomic E-state index is 11.1. The van der Waals surface area contributed by atoms with E-state index in [1.54, 1.807) is 0 Å². The van der Waals surface area contributed by atoms with Gasteiger partial charge in [0.1, 0.15) is 0 Å². The molecule has 0 aliphatic rings. The zero-order valence-corrected chi connectivity index (χ0v) is 11.2. The van der Waals surface area contributed by atoms with E-state index < -0.39 is 18.8 Å². The summed E-state index contributed by atoms with van der Waals surface area (Å²) in [5, 5.41) is 0. The average molecular weight is 269 g/mol. The van der Waals surface area contributed by atoms with E-state index in [1.807, 2.05) is 0 Å². The standard InChI is InChI=1S/C6H15N3O5SSi/c1-12-16(13-2,14-3)6-4-5-15(10,11)9-8-7/h4-6H2,1-3H3. The molecule has 0 N–H and O–H groups in total. The van der Waals surface area contributed by atoms with E-state index in [9.17, 15) is 8.42 Å². The first-order chi connectivity index (χ1) is 7.45. The van der Waals surface area contributed by atoms with Gasteiger partial charge >= 0.3 is 8.80 Å². The van der Waals surface area contributed by atoms with Crippen molar-refractivity contribution in [2.45, 2.75) is 12.5 Å². The number of sulfonamides is 1. The molecule has 0 saturated heterocycles. The van der Waals surface area contributed by atoms with E-state index in [4.69, 9.17) is 18.8 Å². The van der Waals surface area contributed by atoms with Crippen LogP contribution in [0.15, 0.2) is 4.52 Å². The molecule has 0 amide bonds. The van der Waals surface area contributed by atoms with Crippen LogP contribution in [0.2, 0.25) is 6.04 Å². The third kappa shape index (κ3) is 4.92. The second kappa shape index (κ2) is 6.84. The topological polar surface area (TPSA) is 111 Å². The summed E-state index contributed by atoms with van der Waals surface area (Å²) in [6.45, 7) is 0. The molecular weight excluding hydrogens is 254 g/mol. The van der Waals surface area contributed by atoms with Crippen molar-refractivity contribution in [2.75, 3.05) is 27.1 Å². The molecule has 0 aliphatic heterocycles. The van der Waals surface area contributed by atoms with Gasteiger partial charge in [-0.1, -0.05) is 0 Å². The third-order valence-corrected chi connectivity index (χ3v) is 5.94. The highest BCUT2D eigenvalue weighted by Gasteiger charge is 2.37. The Morgan fingerprint density at radius 3 is 2.12 bits per heavy atom. The summed E-state index contributed by atoms with van der Waals surface area (Å²) in [6.07, 6.45) is 0.253. The second-order valence-electron chi connectivity index (χ2n) is 2.86. The summed E-state index contributed by atoms with van der Waals surface area (Å²) in [5.74, 6) is -0.248. The van der Waals surface area contributed by atoms with Gasteiger partial charge in [0.2, 0.25) is 10.0 Å². The molecule has 0 rings (SSSR count).